The van der Waals surface area contributed by atoms with Crippen LogP contribution < -0.4 is 11.1 Å². The van der Waals surface area contributed by atoms with Gasteiger partial charge in [-0.05, 0) is 44.9 Å². The second kappa shape index (κ2) is 20.8. The topological polar surface area (TPSA) is 89.3 Å². The van der Waals surface area contributed by atoms with Crippen molar-refractivity contribution in [3.8, 4) is 0 Å². The average Bonchev–Trinajstić information content (AvgIpc) is 2.73. The summed E-state index contributed by atoms with van der Waals surface area (Å²) in [6.07, 6.45) is 32.1. The van der Waals surface area contributed by atoms with Crippen LogP contribution >= 0.6 is 0 Å². The van der Waals surface area contributed by atoms with E-state index in [0.29, 0.717) is 6.42 Å². The Morgan fingerprint density at radius 3 is 1.47 bits per heavy atom. The summed E-state index contributed by atoms with van der Waals surface area (Å²) in [4.78, 5) is 33.0. The Morgan fingerprint density at radius 2 is 1.07 bits per heavy atom. The lowest BCUT2D eigenvalue weighted by molar-refractivity contribution is -0.136. The van der Waals surface area contributed by atoms with Crippen molar-refractivity contribution in [2.75, 3.05) is 6.54 Å². The number of amides is 2. The average molecular weight is 413 g/mol. The molecule has 0 radical (unpaired) electrons. The van der Waals surface area contributed by atoms with Gasteiger partial charge in [-0.2, -0.15) is 0 Å². The zero-order valence-corrected chi connectivity index (χ0v) is 18.1. The first-order valence-corrected chi connectivity index (χ1v) is 10.6. The minimum absolute atomic E-state index is 0.272. The standard InChI is InChI=1S/C25H36N2O3/c1-2-3-4-5-6-7-8-9-10-11-12-13-14-15-16-17-18-19-20-21-24(29)27-22-23(28)25(26)30/h3-4,6-7,9-10,12-13,15-16,18-19H,2,5,8,11,14,17,20-22H2,1H3,(H2,26,30)(H,27,29)/b4-3-,7-6-,10-9-,13-12-,16-15-,19-18-. The van der Waals surface area contributed by atoms with E-state index in [1.54, 1.807) is 0 Å². The van der Waals surface area contributed by atoms with Gasteiger partial charge in [-0.25, -0.2) is 0 Å². The van der Waals surface area contributed by atoms with Crippen molar-refractivity contribution in [1.29, 1.82) is 0 Å². The van der Waals surface area contributed by atoms with Gasteiger partial charge in [0.2, 0.25) is 11.7 Å². The number of rotatable bonds is 17. The van der Waals surface area contributed by atoms with E-state index in [9.17, 15) is 14.4 Å². The van der Waals surface area contributed by atoms with E-state index in [0.717, 1.165) is 38.5 Å². The minimum atomic E-state index is -1.03. The van der Waals surface area contributed by atoms with E-state index in [1.807, 2.05) is 12.2 Å². The molecule has 0 spiro atoms. The summed E-state index contributed by atoms with van der Waals surface area (Å²) in [7, 11) is 0. The molecule has 0 atom stereocenters. The van der Waals surface area contributed by atoms with Gasteiger partial charge in [-0.15, -0.1) is 0 Å². The summed E-state index contributed by atoms with van der Waals surface area (Å²) in [5.74, 6) is -2.10. The van der Waals surface area contributed by atoms with Crippen molar-refractivity contribution in [2.24, 2.45) is 5.73 Å². The molecule has 0 aliphatic rings. The summed E-state index contributed by atoms with van der Waals surface area (Å²) < 4.78 is 0. The van der Waals surface area contributed by atoms with Crippen LogP contribution in [0.2, 0.25) is 0 Å². The molecule has 0 heterocycles. The van der Waals surface area contributed by atoms with Gasteiger partial charge in [0.15, 0.2) is 0 Å². The van der Waals surface area contributed by atoms with Crippen LogP contribution in [0.3, 0.4) is 0 Å². The molecule has 164 valence electrons. The number of carbonyl (C=O) groups is 3. The summed E-state index contributed by atoms with van der Waals surface area (Å²) in [6, 6.07) is 0. The molecule has 30 heavy (non-hydrogen) atoms. The lowest BCUT2D eigenvalue weighted by atomic mass is 10.2. The molecule has 0 aromatic rings. The highest BCUT2D eigenvalue weighted by Gasteiger charge is 2.09. The van der Waals surface area contributed by atoms with Crippen molar-refractivity contribution in [2.45, 2.75) is 58.3 Å². The van der Waals surface area contributed by atoms with Crippen molar-refractivity contribution in [3.05, 3.63) is 72.9 Å². The molecule has 3 N–H and O–H groups in total. The molecule has 0 unspecified atom stereocenters. The predicted octanol–water partition coefficient (Wildman–Crippen LogP) is 4.63. The Bertz CT molecular complexity index is 668. The highest BCUT2D eigenvalue weighted by atomic mass is 16.2. The maximum absolute atomic E-state index is 11.5. The molecule has 0 aromatic heterocycles. The molecule has 0 saturated carbocycles. The summed E-state index contributed by atoms with van der Waals surface area (Å²) in [5.41, 5.74) is 4.81. The maximum atomic E-state index is 11.5. The zero-order chi connectivity index (χ0) is 22.3. The second-order valence-corrected chi connectivity index (χ2v) is 6.52. The summed E-state index contributed by atoms with van der Waals surface area (Å²) >= 11 is 0. The fourth-order valence-corrected chi connectivity index (χ4v) is 2.21. The number of nitrogens with two attached hydrogens (primary N) is 1. The van der Waals surface area contributed by atoms with Crippen LogP contribution in [0.1, 0.15) is 58.3 Å². The molecule has 2 amide bonds. The SMILES string of the molecule is CC/C=C\C/C=C\C/C=C\C/C=C\C/C=C\C/C=C\CCC(=O)NCC(=O)C(N)=O. The van der Waals surface area contributed by atoms with Crippen LogP contribution in [0, 0.1) is 0 Å². The van der Waals surface area contributed by atoms with E-state index in [2.05, 4.69) is 73.0 Å². The third-order valence-electron chi connectivity index (χ3n) is 3.86. The van der Waals surface area contributed by atoms with Crippen LogP contribution in [0.15, 0.2) is 72.9 Å². The van der Waals surface area contributed by atoms with Gasteiger partial charge >= 0.3 is 0 Å². The Morgan fingerprint density at radius 1 is 0.667 bits per heavy atom. The Hall–Kier alpha value is -2.95. The van der Waals surface area contributed by atoms with Crippen molar-refractivity contribution in [1.82, 2.24) is 5.32 Å². The van der Waals surface area contributed by atoms with E-state index in [-0.39, 0.29) is 18.9 Å². The highest BCUT2D eigenvalue weighted by molar-refractivity contribution is 6.36. The van der Waals surface area contributed by atoms with Gasteiger partial charge in [0.1, 0.15) is 0 Å². The summed E-state index contributed by atoms with van der Waals surface area (Å²) in [6.45, 7) is 1.80. The quantitative estimate of drug-likeness (QED) is 0.269. The third kappa shape index (κ3) is 19.8. The van der Waals surface area contributed by atoms with Gasteiger partial charge in [0.25, 0.3) is 5.91 Å². The Balaban J connectivity index is 3.64. The fourth-order valence-electron chi connectivity index (χ4n) is 2.21. The lowest BCUT2D eigenvalue weighted by Gasteiger charge is -2.00. The number of hydrogen-bond donors (Lipinski definition) is 2. The number of Topliss-reactive ketones (excluding diaryl/α,β-unsaturated/α-hetero) is 1. The zero-order valence-electron chi connectivity index (χ0n) is 18.1. The first-order chi connectivity index (χ1) is 14.6. The largest absolute Gasteiger partial charge is 0.363 e. The van der Waals surface area contributed by atoms with Gasteiger partial charge in [0, 0.05) is 6.42 Å². The van der Waals surface area contributed by atoms with Crippen LogP contribution in [0.4, 0.5) is 0 Å². The van der Waals surface area contributed by atoms with Crippen LogP contribution in [0.5, 0.6) is 0 Å². The van der Waals surface area contributed by atoms with Gasteiger partial charge < -0.3 is 11.1 Å². The number of ketones is 1. The number of allylic oxidation sites excluding steroid dienone is 12. The van der Waals surface area contributed by atoms with Crippen molar-refractivity contribution in [3.63, 3.8) is 0 Å². The molecule has 0 rings (SSSR count). The minimum Gasteiger partial charge on any atom is -0.363 e. The van der Waals surface area contributed by atoms with Gasteiger partial charge in [0.05, 0.1) is 6.54 Å². The number of nitrogens with one attached hydrogen (secondary N) is 1. The molecule has 0 aliphatic carbocycles. The maximum Gasteiger partial charge on any atom is 0.286 e. The molecule has 0 aliphatic heterocycles. The second-order valence-electron chi connectivity index (χ2n) is 6.52. The molecule has 0 fully saturated rings. The Kier molecular flexibility index (Phi) is 18.7. The molecular weight excluding hydrogens is 376 g/mol. The number of primary amides is 1. The molecule has 0 bridgehead atoms. The monoisotopic (exact) mass is 412 g/mol. The lowest BCUT2D eigenvalue weighted by Crippen LogP contribution is -2.36. The normalized spacial score (nSPS) is 12.4. The summed E-state index contributed by atoms with van der Waals surface area (Å²) in [5, 5.41) is 2.37. The fraction of sp³-hybridized carbons (Fsp3) is 0.400. The first kappa shape index (κ1) is 27.0. The first-order valence-electron chi connectivity index (χ1n) is 10.6. The molecular formula is C25H36N2O3. The van der Waals surface area contributed by atoms with E-state index < -0.39 is 11.7 Å². The van der Waals surface area contributed by atoms with E-state index in [1.165, 1.54) is 0 Å². The van der Waals surface area contributed by atoms with E-state index >= 15 is 0 Å². The molecule has 5 heteroatoms. The van der Waals surface area contributed by atoms with Crippen molar-refractivity contribution < 1.29 is 14.4 Å². The van der Waals surface area contributed by atoms with Crippen molar-refractivity contribution >= 4 is 17.6 Å². The van der Waals surface area contributed by atoms with Crippen LogP contribution in [-0.4, -0.2) is 24.1 Å². The Labute approximate surface area is 181 Å². The van der Waals surface area contributed by atoms with Crippen LogP contribution in [-0.2, 0) is 14.4 Å². The smallest absolute Gasteiger partial charge is 0.286 e. The number of hydrogen-bond acceptors (Lipinski definition) is 3. The highest BCUT2D eigenvalue weighted by Crippen LogP contribution is 1.97. The van der Waals surface area contributed by atoms with Gasteiger partial charge in [-0.1, -0.05) is 79.8 Å². The molecule has 0 aromatic carbocycles. The predicted molar refractivity (Wildman–Crippen MR) is 125 cm³/mol. The molecule has 0 saturated heterocycles. The van der Waals surface area contributed by atoms with Crippen LogP contribution in [0.25, 0.3) is 0 Å². The van der Waals surface area contributed by atoms with E-state index in [4.69, 9.17) is 5.73 Å². The number of carbonyl (C=O) groups excluding carboxylic acids is 3. The van der Waals surface area contributed by atoms with Gasteiger partial charge in [-0.3, -0.25) is 14.4 Å². The third-order valence-corrected chi connectivity index (χ3v) is 3.86. The molecule has 5 nitrogen and oxygen atoms in total.